The Morgan fingerprint density at radius 2 is 1.02 bits per heavy atom. The van der Waals surface area contributed by atoms with E-state index in [9.17, 15) is 40.3 Å². The van der Waals surface area contributed by atoms with Gasteiger partial charge in [-0.3, -0.25) is 13.9 Å². The third-order valence-electron chi connectivity index (χ3n) is 14.0. The Kier molecular flexibility index (Phi) is 33.8. The van der Waals surface area contributed by atoms with E-state index in [-0.39, 0.29) is 30.1 Å². The summed E-state index contributed by atoms with van der Waals surface area (Å²) in [7, 11) is -10.7. The van der Waals surface area contributed by atoms with Gasteiger partial charge in [-0.2, -0.15) is 16.8 Å². The minimum absolute atomic E-state index is 0.0130. The molecule has 3 N–H and O–H groups in total. The lowest BCUT2D eigenvalue weighted by atomic mass is 9.98. The van der Waals surface area contributed by atoms with Crippen molar-refractivity contribution in [2.45, 2.75) is 230 Å². The van der Waals surface area contributed by atoms with Gasteiger partial charge in [-0.15, -0.1) is 0 Å². The third kappa shape index (κ3) is 29.4. The lowest BCUT2D eigenvalue weighted by Crippen LogP contribution is -2.63. The predicted molar refractivity (Wildman–Crippen MR) is 307 cm³/mol. The van der Waals surface area contributed by atoms with Crippen LogP contribution >= 0.6 is 0 Å². The van der Waals surface area contributed by atoms with Gasteiger partial charge in [0.2, 0.25) is 5.91 Å². The Morgan fingerprint density at radius 3 is 1.50 bits per heavy atom. The number of nitrogens with one attached hydrogen (secondary N) is 1. The molecule has 1 heterocycles. The van der Waals surface area contributed by atoms with E-state index in [1.54, 1.807) is 24.3 Å². The van der Waals surface area contributed by atoms with Crippen molar-refractivity contribution < 1.29 is 72.4 Å². The molecule has 80 heavy (non-hydrogen) atoms. The van der Waals surface area contributed by atoms with Gasteiger partial charge in [0.25, 0.3) is 0 Å². The summed E-state index contributed by atoms with van der Waals surface area (Å²) in [5, 5.41) is 3.11. The smallest absolute Gasteiger partial charge is 0.397 e. The van der Waals surface area contributed by atoms with Crippen molar-refractivity contribution in [1.29, 1.82) is 0 Å². The van der Waals surface area contributed by atoms with Gasteiger partial charge in [-0.1, -0.05) is 234 Å². The summed E-state index contributed by atoms with van der Waals surface area (Å²) in [6, 6.07) is 23.6. The molecule has 7 atom stereocenters. The van der Waals surface area contributed by atoms with Gasteiger partial charge in [0.15, 0.2) is 18.5 Å². The first-order chi connectivity index (χ1) is 38.7. The Labute approximate surface area is 477 Å². The summed E-state index contributed by atoms with van der Waals surface area (Å²) in [5.41, 5.74) is 0.831. The van der Waals surface area contributed by atoms with E-state index < -0.39 is 88.8 Å². The number of amides is 1. The number of allylic oxidation sites excluding steroid dienone is 1. The van der Waals surface area contributed by atoms with Gasteiger partial charge >= 0.3 is 32.7 Å². The average Bonchev–Trinajstić information content (AvgIpc) is 3.44. The van der Waals surface area contributed by atoms with Crippen LogP contribution in [-0.2, 0) is 64.2 Å². The van der Waals surface area contributed by atoms with Crippen LogP contribution in [0.25, 0.3) is 0 Å². The topological polar surface area (TPSA) is 237 Å². The molecule has 0 aromatic heterocycles. The van der Waals surface area contributed by atoms with E-state index in [2.05, 4.69) is 23.3 Å². The molecule has 1 aliphatic rings. The Morgan fingerprint density at radius 1 is 0.575 bits per heavy atom. The zero-order valence-corrected chi connectivity index (χ0v) is 48.9. The van der Waals surface area contributed by atoms with Crippen molar-refractivity contribution in [3.8, 4) is 0 Å². The van der Waals surface area contributed by atoms with Gasteiger partial charge in [-0.05, 0) is 49.1 Å². The van der Waals surface area contributed by atoms with Gasteiger partial charge in [-0.25, -0.2) is 18.0 Å². The molecule has 1 fully saturated rings. The second-order valence-corrected chi connectivity index (χ2v) is 22.9. The summed E-state index contributed by atoms with van der Waals surface area (Å²) in [4.78, 5) is 41.9. The number of esters is 2. The number of hydrogen-bond acceptors (Lipinski definition) is 14. The SMILES string of the molecule is CCCCCCCCCCCCC/C=C/[C@@H](OCc1ccccc1)[C@H](CO[C@@H]1O[C@H](COS(=O)(=O)O)[C@H](OS(=O)(=O)O)[C@H](OC(=O)c2ccccc2)[C@H]1OC(=O)c1ccccc1)NC(=O)CCCCCCCCCCCCCCC. The Hall–Kier alpha value is -4.57. The minimum Gasteiger partial charge on any atom is -0.452 e. The van der Waals surface area contributed by atoms with Crippen molar-refractivity contribution in [2.24, 2.45) is 0 Å². The Bertz CT molecular complexity index is 2390. The standard InChI is InChI=1S/C61H91NO16S2/c1-3-5-7-9-11-13-15-17-19-21-23-25-36-44-53(72-46-49-38-30-27-31-39-49)52(62-55(63)45-37-26-24-22-20-18-16-14-12-10-8-6-4-2)47-73-61-58(77-60(65)51-42-34-29-35-43-51)57(76-59(64)50-40-32-28-33-41-50)56(78-80(69,70)71)54(75-61)48-74-79(66,67)68/h27-36,38-44,52-54,56-58,61H,3-26,37,45-48H2,1-2H3,(H,62,63)(H,66,67,68)(H,69,70,71)/b44-36+/t52-,53+,54+,56-,57-,58+,61+/m0/s1. The van der Waals surface area contributed by atoms with E-state index in [0.717, 1.165) is 56.9 Å². The van der Waals surface area contributed by atoms with Crippen LogP contribution in [0.2, 0.25) is 0 Å². The first kappa shape index (κ1) is 67.9. The second-order valence-electron chi connectivity index (χ2n) is 20.7. The van der Waals surface area contributed by atoms with Crippen molar-refractivity contribution in [1.82, 2.24) is 5.32 Å². The molecule has 0 saturated carbocycles. The Balaban J connectivity index is 1.64. The van der Waals surface area contributed by atoms with E-state index in [1.165, 1.54) is 139 Å². The monoisotopic (exact) mass is 1160 g/mol. The van der Waals surface area contributed by atoms with Crippen LogP contribution in [0.3, 0.4) is 0 Å². The maximum Gasteiger partial charge on any atom is 0.397 e. The molecule has 0 unspecified atom stereocenters. The van der Waals surface area contributed by atoms with Gasteiger partial charge in [0.1, 0.15) is 12.2 Å². The highest BCUT2D eigenvalue weighted by Gasteiger charge is 2.54. The third-order valence-corrected chi connectivity index (χ3v) is 14.9. The normalized spacial score (nSPS) is 18.4. The molecule has 3 aromatic rings. The van der Waals surface area contributed by atoms with E-state index in [4.69, 9.17) is 27.9 Å². The maximum atomic E-state index is 14.1. The number of hydrogen-bond donors (Lipinski definition) is 3. The van der Waals surface area contributed by atoms with Crippen LogP contribution < -0.4 is 5.32 Å². The van der Waals surface area contributed by atoms with Crippen LogP contribution in [0.4, 0.5) is 0 Å². The van der Waals surface area contributed by atoms with Crippen LogP contribution in [-0.4, -0.2) is 99.9 Å². The maximum absolute atomic E-state index is 14.1. The number of ether oxygens (including phenoxy) is 5. The highest BCUT2D eigenvalue weighted by molar-refractivity contribution is 7.81. The van der Waals surface area contributed by atoms with Crippen molar-refractivity contribution in [2.75, 3.05) is 13.2 Å². The summed E-state index contributed by atoms with van der Waals surface area (Å²) >= 11 is 0. The van der Waals surface area contributed by atoms with Crippen molar-refractivity contribution in [3.63, 3.8) is 0 Å². The zero-order valence-electron chi connectivity index (χ0n) is 47.3. The first-order valence-corrected chi connectivity index (χ1v) is 32.1. The number of rotatable bonds is 44. The summed E-state index contributed by atoms with van der Waals surface area (Å²) in [6.45, 7) is 2.97. The molecule has 448 valence electrons. The molecule has 1 aliphatic heterocycles. The molecule has 1 saturated heterocycles. The fourth-order valence-electron chi connectivity index (χ4n) is 9.58. The lowest BCUT2D eigenvalue weighted by molar-refractivity contribution is -0.296. The lowest BCUT2D eigenvalue weighted by Gasteiger charge is -2.44. The van der Waals surface area contributed by atoms with E-state index >= 15 is 0 Å². The summed E-state index contributed by atoms with van der Waals surface area (Å²) < 4.78 is 109. The first-order valence-electron chi connectivity index (χ1n) is 29.4. The molecule has 0 bridgehead atoms. The van der Waals surface area contributed by atoms with Crippen molar-refractivity contribution >= 4 is 38.6 Å². The highest BCUT2D eigenvalue weighted by atomic mass is 32.3. The predicted octanol–water partition coefficient (Wildman–Crippen LogP) is 13.0. The zero-order chi connectivity index (χ0) is 57.7. The molecule has 0 aliphatic carbocycles. The van der Waals surface area contributed by atoms with Crippen LogP contribution in [0.5, 0.6) is 0 Å². The molecule has 1 amide bonds. The molecular weight excluding hydrogens is 1070 g/mol. The molecule has 3 aromatic carbocycles. The minimum atomic E-state index is -5.48. The molecule has 0 spiro atoms. The van der Waals surface area contributed by atoms with Crippen molar-refractivity contribution in [3.05, 3.63) is 120 Å². The fraction of sp³-hybridized carbons (Fsp3) is 0.623. The second kappa shape index (κ2) is 39.8. The number of carbonyl (C=O) groups is 3. The molecule has 4 rings (SSSR count). The van der Waals surface area contributed by atoms with Crippen LogP contribution in [0.1, 0.15) is 207 Å². The van der Waals surface area contributed by atoms with E-state index in [0.29, 0.717) is 6.42 Å². The highest BCUT2D eigenvalue weighted by Crippen LogP contribution is 2.32. The van der Waals surface area contributed by atoms with E-state index in [1.807, 2.05) is 42.5 Å². The largest absolute Gasteiger partial charge is 0.452 e. The summed E-state index contributed by atoms with van der Waals surface area (Å²) in [6.07, 6.45) is 21.9. The molecule has 19 heteroatoms. The number of benzene rings is 3. The molecular formula is C61H91NO16S2. The van der Waals surface area contributed by atoms with Gasteiger partial charge in [0, 0.05) is 6.42 Å². The number of unbranched alkanes of at least 4 members (excludes halogenated alkanes) is 23. The molecule has 0 radical (unpaired) electrons. The number of carbonyl (C=O) groups excluding carboxylic acids is 3. The summed E-state index contributed by atoms with van der Waals surface area (Å²) in [5.74, 6) is -2.38. The average molecular weight is 1160 g/mol. The van der Waals surface area contributed by atoms with Crippen LogP contribution in [0, 0.1) is 0 Å². The van der Waals surface area contributed by atoms with Gasteiger partial charge < -0.3 is 29.0 Å². The fourth-order valence-corrected chi connectivity index (χ4v) is 10.4. The van der Waals surface area contributed by atoms with Gasteiger partial charge in [0.05, 0.1) is 43.1 Å². The molecule has 17 nitrogen and oxygen atoms in total. The van der Waals surface area contributed by atoms with Crippen LogP contribution in [0.15, 0.2) is 103 Å². The quantitative estimate of drug-likeness (QED) is 0.0206.